The molecule has 2 bridgehead atoms. The maximum absolute atomic E-state index is 12.5. The molecule has 3 fully saturated rings. The number of nitrogens with zero attached hydrogens (tertiary/aromatic N) is 2. The quantitative estimate of drug-likeness (QED) is 0.906. The summed E-state index contributed by atoms with van der Waals surface area (Å²) in [5, 5.41) is 7.47. The third-order valence-corrected chi connectivity index (χ3v) is 5.73. The summed E-state index contributed by atoms with van der Waals surface area (Å²) in [4.78, 5) is 19.8. The van der Waals surface area contributed by atoms with E-state index in [1.807, 2.05) is 24.3 Å². The van der Waals surface area contributed by atoms with E-state index >= 15 is 0 Å². The van der Waals surface area contributed by atoms with E-state index in [0.29, 0.717) is 12.0 Å². The third kappa shape index (κ3) is 3.23. The van der Waals surface area contributed by atoms with Gasteiger partial charge in [-0.2, -0.15) is 0 Å². The van der Waals surface area contributed by atoms with Gasteiger partial charge < -0.3 is 15.5 Å². The van der Waals surface area contributed by atoms with Gasteiger partial charge in [-0.15, -0.1) is 11.3 Å². The van der Waals surface area contributed by atoms with Gasteiger partial charge in [-0.1, -0.05) is 0 Å². The lowest BCUT2D eigenvalue weighted by molar-refractivity contribution is 0.0622. The molecule has 3 aliphatic rings. The Labute approximate surface area is 139 Å². The molecule has 2 aromatic rings. The number of thiophene rings is 1. The van der Waals surface area contributed by atoms with Gasteiger partial charge in [0, 0.05) is 18.8 Å². The average molecular weight is 328 g/mol. The van der Waals surface area contributed by atoms with Crippen molar-refractivity contribution >= 4 is 27.9 Å². The number of aromatic nitrogens is 1. The summed E-state index contributed by atoms with van der Waals surface area (Å²) in [5.41, 5.74) is 0.929. The fraction of sp³-hybridized carbons (Fsp3) is 0.412. The maximum Gasteiger partial charge on any atom is 0.261 e. The number of anilines is 2. The van der Waals surface area contributed by atoms with Crippen molar-refractivity contribution in [2.24, 2.45) is 5.92 Å². The molecule has 0 aromatic carbocycles. The van der Waals surface area contributed by atoms with Crippen molar-refractivity contribution in [1.29, 1.82) is 0 Å². The first-order chi connectivity index (χ1) is 11.3. The molecule has 2 N–H and O–H groups in total. The van der Waals surface area contributed by atoms with Gasteiger partial charge >= 0.3 is 0 Å². The summed E-state index contributed by atoms with van der Waals surface area (Å²) in [6.45, 7) is 3.38. The Kier molecular flexibility index (Phi) is 4.01. The van der Waals surface area contributed by atoms with Gasteiger partial charge in [-0.3, -0.25) is 9.78 Å². The first-order valence-corrected chi connectivity index (χ1v) is 8.90. The zero-order valence-electron chi connectivity index (χ0n) is 12.9. The van der Waals surface area contributed by atoms with Crippen LogP contribution in [-0.4, -0.2) is 41.5 Å². The monoisotopic (exact) mass is 328 g/mol. The van der Waals surface area contributed by atoms with Gasteiger partial charge in [-0.05, 0) is 56.1 Å². The van der Waals surface area contributed by atoms with E-state index in [1.165, 1.54) is 37.3 Å². The number of carbonyl (C=O) groups is 1. The lowest BCUT2D eigenvalue weighted by atomic mass is 9.84. The predicted molar refractivity (Wildman–Crippen MR) is 92.3 cm³/mol. The minimum Gasteiger partial charge on any atom is -0.347 e. The highest BCUT2D eigenvalue weighted by atomic mass is 32.1. The number of hydrogen-bond donors (Lipinski definition) is 2. The number of nitrogens with one attached hydrogen (secondary N) is 2. The van der Waals surface area contributed by atoms with E-state index in [1.54, 1.807) is 12.4 Å². The van der Waals surface area contributed by atoms with Crippen LogP contribution in [0.5, 0.6) is 0 Å². The van der Waals surface area contributed by atoms with E-state index in [0.717, 1.165) is 22.1 Å². The second-order valence-corrected chi connectivity index (χ2v) is 7.33. The summed E-state index contributed by atoms with van der Waals surface area (Å²) in [7, 11) is 0. The molecule has 5 heterocycles. The van der Waals surface area contributed by atoms with E-state index in [-0.39, 0.29) is 5.91 Å². The Hall–Kier alpha value is -1.92. The Morgan fingerprint density at radius 1 is 1.26 bits per heavy atom. The van der Waals surface area contributed by atoms with E-state index in [9.17, 15) is 4.79 Å². The summed E-state index contributed by atoms with van der Waals surface area (Å²) >= 11 is 1.48. The van der Waals surface area contributed by atoms with Crippen molar-refractivity contribution in [2.45, 2.75) is 18.9 Å². The van der Waals surface area contributed by atoms with Crippen molar-refractivity contribution in [1.82, 2.24) is 15.2 Å². The van der Waals surface area contributed by atoms with Gasteiger partial charge in [0.05, 0.1) is 21.8 Å². The summed E-state index contributed by atoms with van der Waals surface area (Å²) < 4.78 is 0. The number of piperidine rings is 3. The largest absolute Gasteiger partial charge is 0.347 e. The van der Waals surface area contributed by atoms with Crippen LogP contribution in [0.1, 0.15) is 22.5 Å². The van der Waals surface area contributed by atoms with Crippen LogP contribution in [0, 0.1) is 5.92 Å². The summed E-state index contributed by atoms with van der Waals surface area (Å²) in [5.74, 6) is 0.699. The predicted octanol–water partition coefficient (Wildman–Crippen LogP) is 2.71. The van der Waals surface area contributed by atoms with E-state index < -0.39 is 0 Å². The first kappa shape index (κ1) is 14.7. The number of fused-ring (bicyclic) bond motifs is 3. The Morgan fingerprint density at radius 3 is 2.83 bits per heavy atom. The Morgan fingerprint density at radius 2 is 2.13 bits per heavy atom. The van der Waals surface area contributed by atoms with Crippen LogP contribution >= 0.6 is 11.3 Å². The smallest absolute Gasteiger partial charge is 0.261 e. The van der Waals surface area contributed by atoms with Crippen LogP contribution in [0.15, 0.2) is 36.7 Å². The highest BCUT2D eigenvalue weighted by Crippen LogP contribution is 2.29. The second-order valence-electron chi connectivity index (χ2n) is 6.25. The molecule has 6 heteroatoms. The van der Waals surface area contributed by atoms with Crippen LogP contribution < -0.4 is 10.6 Å². The second kappa shape index (κ2) is 6.29. The molecule has 3 aliphatic heterocycles. The molecule has 0 unspecified atom stereocenters. The fourth-order valence-corrected chi connectivity index (χ4v) is 4.30. The van der Waals surface area contributed by atoms with Gasteiger partial charge in [0.15, 0.2) is 0 Å². The SMILES string of the molecule is O=C(N[C@H]1CN2CCC1CC2)c1ccc(Nc2cccnc2)s1. The number of rotatable bonds is 4. The maximum atomic E-state index is 12.5. The minimum absolute atomic E-state index is 0.0491. The van der Waals surface area contributed by atoms with Crippen molar-refractivity contribution in [3.63, 3.8) is 0 Å². The van der Waals surface area contributed by atoms with Gasteiger partial charge in [0.2, 0.25) is 0 Å². The molecule has 0 saturated carbocycles. The Balaban J connectivity index is 1.39. The lowest BCUT2D eigenvalue weighted by Gasteiger charge is -2.44. The topological polar surface area (TPSA) is 57.3 Å². The summed E-state index contributed by atoms with van der Waals surface area (Å²) in [6.07, 6.45) is 5.94. The number of amides is 1. The Bertz CT molecular complexity index is 679. The molecule has 5 rings (SSSR count). The third-order valence-electron chi connectivity index (χ3n) is 4.73. The van der Waals surface area contributed by atoms with Crippen LogP contribution in [0.25, 0.3) is 0 Å². The van der Waals surface area contributed by atoms with Crippen molar-refractivity contribution in [2.75, 3.05) is 25.0 Å². The normalized spacial score (nSPS) is 26.0. The van der Waals surface area contributed by atoms with Gasteiger partial charge in [0.1, 0.15) is 0 Å². The van der Waals surface area contributed by atoms with Crippen LogP contribution in [0.2, 0.25) is 0 Å². The van der Waals surface area contributed by atoms with Crippen LogP contribution in [-0.2, 0) is 0 Å². The molecule has 5 nitrogen and oxygen atoms in total. The van der Waals surface area contributed by atoms with Gasteiger partial charge in [0.25, 0.3) is 5.91 Å². The molecule has 1 amide bonds. The molecule has 23 heavy (non-hydrogen) atoms. The van der Waals surface area contributed by atoms with Crippen molar-refractivity contribution < 1.29 is 4.79 Å². The molecule has 2 aromatic heterocycles. The lowest BCUT2D eigenvalue weighted by Crippen LogP contribution is -2.57. The van der Waals surface area contributed by atoms with E-state index in [4.69, 9.17) is 0 Å². The van der Waals surface area contributed by atoms with Crippen LogP contribution in [0.3, 0.4) is 0 Å². The molecule has 120 valence electrons. The number of pyridine rings is 1. The molecule has 3 saturated heterocycles. The molecule has 0 spiro atoms. The highest BCUT2D eigenvalue weighted by molar-refractivity contribution is 7.18. The number of hydrogen-bond acceptors (Lipinski definition) is 5. The van der Waals surface area contributed by atoms with E-state index in [2.05, 4.69) is 20.5 Å². The first-order valence-electron chi connectivity index (χ1n) is 8.08. The summed E-state index contributed by atoms with van der Waals surface area (Å²) in [6, 6.07) is 7.99. The molecule has 0 aliphatic carbocycles. The molecular weight excluding hydrogens is 308 g/mol. The van der Waals surface area contributed by atoms with Crippen molar-refractivity contribution in [3.8, 4) is 0 Å². The van der Waals surface area contributed by atoms with Crippen molar-refractivity contribution in [3.05, 3.63) is 41.5 Å². The molecule has 1 atom stereocenters. The fourth-order valence-electron chi connectivity index (χ4n) is 3.47. The molecule has 0 radical (unpaired) electrons. The zero-order chi connectivity index (χ0) is 15.6. The number of carbonyl (C=O) groups excluding carboxylic acids is 1. The standard InChI is InChI=1S/C17H20N4OS/c22-17(20-14-11-21-8-5-12(14)6-9-21)15-3-4-16(23-15)19-13-2-1-7-18-10-13/h1-4,7,10,12,14,19H,5-6,8-9,11H2,(H,20,22)/t14-/m0/s1. The minimum atomic E-state index is 0.0491. The highest BCUT2D eigenvalue weighted by Gasteiger charge is 2.35. The van der Waals surface area contributed by atoms with Gasteiger partial charge in [-0.25, -0.2) is 0 Å². The molecular formula is C17H20N4OS. The average Bonchev–Trinajstić information content (AvgIpc) is 3.05. The zero-order valence-corrected chi connectivity index (χ0v) is 13.7. The van der Waals surface area contributed by atoms with Crippen LogP contribution in [0.4, 0.5) is 10.7 Å².